The van der Waals surface area contributed by atoms with E-state index in [0.29, 0.717) is 0 Å². The van der Waals surface area contributed by atoms with Crippen LogP contribution in [0.15, 0.2) is 23.8 Å². The molecule has 0 bridgehead atoms. The first-order valence-corrected chi connectivity index (χ1v) is 21.3. The molecule has 54 heavy (non-hydrogen) atoms. The topological polar surface area (TPSA) is 445 Å². The predicted octanol–water partition coefficient (Wildman–Crippen LogP) is -3.04. The number of nitrogens with one attached hydrogen (secondary N) is 1. The highest BCUT2D eigenvalue weighted by Crippen LogP contribution is 2.70. The van der Waals surface area contributed by atoms with Crippen molar-refractivity contribution in [3.63, 3.8) is 0 Å². The van der Waals surface area contributed by atoms with Gasteiger partial charge in [0, 0.05) is 0 Å². The van der Waals surface area contributed by atoms with Crippen LogP contribution in [-0.2, 0) is 45.4 Å². The lowest BCUT2D eigenvalue weighted by atomic mass is 10.1. The van der Waals surface area contributed by atoms with Crippen molar-refractivity contribution < 1.29 is 85.4 Å². The molecule has 0 radical (unpaired) electrons. The fraction of sp³-hybridized carbons (Fsp3) is 0.524. The Hall–Kier alpha value is -3.14. The zero-order valence-corrected chi connectivity index (χ0v) is 30.2. The lowest BCUT2D eigenvalue weighted by Crippen LogP contribution is -2.33. The second-order valence-electron chi connectivity index (χ2n) is 11.6. The molecule has 4 aromatic heterocycles. The highest BCUT2D eigenvalue weighted by atomic mass is 31.3. The van der Waals surface area contributed by atoms with E-state index in [1.54, 1.807) is 0 Å². The first-order chi connectivity index (χ1) is 25.1. The van der Waals surface area contributed by atoms with Crippen LogP contribution in [0.3, 0.4) is 0 Å². The van der Waals surface area contributed by atoms with Crippen molar-refractivity contribution in [2.75, 3.05) is 30.6 Å². The van der Waals surface area contributed by atoms with Crippen LogP contribution in [0, 0.1) is 0 Å². The minimum Gasteiger partial charge on any atom is -0.387 e. The third kappa shape index (κ3) is 8.48. The Balaban J connectivity index is 1.02. The molecule has 4 aromatic rings. The number of aromatic amines is 1. The number of nitrogens with two attached hydrogens (primary N) is 2. The van der Waals surface area contributed by atoms with Gasteiger partial charge in [-0.25, -0.2) is 37.7 Å². The van der Waals surface area contributed by atoms with Gasteiger partial charge in [-0.15, -0.1) is 0 Å². The maximum absolute atomic E-state index is 12.6. The minimum atomic E-state index is -5.72. The Kier molecular flexibility index (Phi) is 11.1. The number of fused-ring (bicyclic) bond motifs is 2. The van der Waals surface area contributed by atoms with E-state index in [4.69, 9.17) is 20.9 Å². The van der Waals surface area contributed by atoms with Crippen LogP contribution >= 0.6 is 30.8 Å². The fourth-order valence-corrected chi connectivity index (χ4v) is 12.1. The van der Waals surface area contributed by atoms with Gasteiger partial charge in [0.05, 0.1) is 25.9 Å². The summed E-state index contributed by atoms with van der Waals surface area (Å²) < 4.78 is 80.7. The smallest absolute Gasteiger partial charge is 0.387 e. The third-order valence-corrected chi connectivity index (χ3v) is 15.2. The largest absolute Gasteiger partial charge is 0.479 e. The molecule has 0 aromatic carbocycles. The number of rotatable bonds is 14. The summed E-state index contributed by atoms with van der Waals surface area (Å²) in [7, 11) is -22.8. The fourth-order valence-electron chi connectivity index (χ4n) is 5.36. The Bertz CT molecular complexity index is 2310. The lowest BCUT2D eigenvalue weighted by Gasteiger charge is -2.22. The number of hydrogen-bond acceptors (Lipinski definition) is 22. The van der Waals surface area contributed by atoms with Crippen LogP contribution < -0.4 is 17.0 Å². The molecule has 2 fully saturated rings. The number of phosphoric ester groups is 2. The molecule has 2 saturated heterocycles. The number of aliphatic hydroxyl groups excluding tert-OH is 4. The Morgan fingerprint density at radius 3 is 1.72 bits per heavy atom. The summed E-state index contributed by atoms with van der Waals surface area (Å²) >= 11 is 0. The van der Waals surface area contributed by atoms with Gasteiger partial charge in [-0.2, -0.15) is 4.98 Å². The molecule has 0 aliphatic carbocycles. The molecule has 0 amide bonds. The maximum atomic E-state index is 12.6. The van der Waals surface area contributed by atoms with Crippen molar-refractivity contribution in [1.82, 2.24) is 39.0 Å². The van der Waals surface area contributed by atoms with Crippen LogP contribution in [0.4, 0.5) is 11.8 Å². The van der Waals surface area contributed by atoms with Crippen molar-refractivity contribution in [3.05, 3.63) is 29.3 Å². The van der Waals surface area contributed by atoms with Crippen LogP contribution in [0.1, 0.15) is 12.5 Å². The third-order valence-electron chi connectivity index (χ3n) is 7.68. The molecular formula is C21H30N10O19P4. The van der Waals surface area contributed by atoms with Gasteiger partial charge in [0.1, 0.15) is 48.5 Å². The molecular weight excluding hydrogens is 820 g/mol. The van der Waals surface area contributed by atoms with E-state index >= 15 is 0 Å². The summed E-state index contributed by atoms with van der Waals surface area (Å²) in [6.45, 7) is -2.18. The molecule has 6 rings (SSSR count). The summed E-state index contributed by atoms with van der Waals surface area (Å²) in [5.41, 5.74) is 10.4. The quantitative estimate of drug-likeness (QED) is 0.0562. The van der Waals surface area contributed by atoms with E-state index in [1.165, 1.54) is 4.57 Å². The van der Waals surface area contributed by atoms with Gasteiger partial charge in [-0.05, 0) is 0 Å². The highest BCUT2D eigenvalue weighted by Gasteiger charge is 2.49. The van der Waals surface area contributed by atoms with Gasteiger partial charge < -0.3 is 60.9 Å². The number of anilines is 2. The Morgan fingerprint density at radius 2 is 1.20 bits per heavy atom. The number of aliphatic hydroxyl groups is 4. The molecule has 0 spiro atoms. The average Bonchev–Trinajstić information content (AvgIpc) is 3.79. The van der Waals surface area contributed by atoms with Crippen molar-refractivity contribution in [2.45, 2.75) is 49.1 Å². The summed E-state index contributed by atoms with van der Waals surface area (Å²) in [5.74, 6) is -2.40. The van der Waals surface area contributed by atoms with E-state index in [2.05, 4.69) is 47.6 Å². The predicted molar refractivity (Wildman–Crippen MR) is 172 cm³/mol. The maximum Gasteiger partial charge on any atom is 0.479 e. The Labute approximate surface area is 298 Å². The molecule has 13 N–H and O–H groups in total. The van der Waals surface area contributed by atoms with Crippen molar-refractivity contribution in [3.8, 4) is 0 Å². The zero-order valence-electron chi connectivity index (χ0n) is 26.6. The number of ether oxygens (including phenoxy) is 2. The summed E-state index contributed by atoms with van der Waals surface area (Å²) in [4.78, 5) is 73.9. The standard InChI is InChI=1S/C21H30N10O19P4/c22-15-9-16(25-3-24-15)30(4-26-9)19-13(34)11(32)7(47-19)1-45-53(41,42)49-51(37,38)6-52(39,40)50-54(43,44)46-2-8-12(33)14(35)20(48-8)31-5-27-10-17(31)28-21(23)29-18(10)36/h3-5,7-8,11-14,19-20,32-35H,1-2,6H2,(H,37,38)(H,39,40)(H,41,42)(H,43,44)(H2,22,24,25)(H3,23,28,29,36)/t7-,8-,11-,12-,13-,14-,19-,20-/m1/s1. The molecule has 12 atom stereocenters. The number of hydrogen-bond donors (Lipinski definition) is 11. The molecule has 298 valence electrons. The monoisotopic (exact) mass is 850 g/mol. The number of nitrogen functional groups attached to an aromatic ring is 2. The Morgan fingerprint density at radius 1 is 0.722 bits per heavy atom. The van der Waals surface area contributed by atoms with Gasteiger partial charge in [-0.1, -0.05) is 0 Å². The van der Waals surface area contributed by atoms with Crippen LogP contribution in [0.5, 0.6) is 0 Å². The van der Waals surface area contributed by atoms with E-state index in [1.807, 2.05) is 0 Å². The van der Waals surface area contributed by atoms with Crippen molar-refractivity contribution >= 4 is 64.9 Å². The first kappa shape index (κ1) is 40.5. The van der Waals surface area contributed by atoms with Crippen LogP contribution in [0.2, 0.25) is 0 Å². The van der Waals surface area contributed by atoms with Gasteiger partial charge in [0.25, 0.3) is 5.56 Å². The number of aromatic nitrogens is 8. The summed E-state index contributed by atoms with van der Waals surface area (Å²) in [6.07, 6.45) is -9.95. The van der Waals surface area contributed by atoms with Gasteiger partial charge in [0.2, 0.25) is 5.95 Å². The van der Waals surface area contributed by atoms with Gasteiger partial charge >= 0.3 is 30.8 Å². The molecule has 2 aliphatic rings. The van der Waals surface area contributed by atoms with E-state index in [0.717, 1.165) is 23.5 Å². The van der Waals surface area contributed by atoms with Crippen LogP contribution in [-0.4, -0.2) is 135 Å². The second kappa shape index (κ2) is 14.7. The average molecular weight is 850 g/mol. The molecule has 2 aliphatic heterocycles. The van der Waals surface area contributed by atoms with Gasteiger partial charge in [-0.3, -0.25) is 37.1 Å². The molecule has 4 unspecified atom stereocenters. The number of phosphoric acid groups is 2. The van der Waals surface area contributed by atoms with Crippen molar-refractivity contribution in [1.29, 1.82) is 0 Å². The first-order valence-electron chi connectivity index (χ1n) is 14.8. The minimum absolute atomic E-state index is 0.00900. The van der Waals surface area contributed by atoms with E-state index in [-0.39, 0.29) is 34.1 Å². The molecule has 6 heterocycles. The van der Waals surface area contributed by atoms with Crippen molar-refractivity contribution in [2.24, 2.45) is 0 Å². The summed E-state index contributed by atoms with van der Waals surface area (Å²) in [5, 5.41) is 41.9. The molecule has 0 saturated carbocycles. The van der Waals surface area contributed by atoms with E-state index in [9.17, 15) is 63.1 Å². The van der Waals surface area contributed by atoms with E-state index < -0.39 is 105 Å². The summed E-state index contributed by atoms with van der Waals surface area (Å²) in [6, 6.07) is 0. The molecule has 33 heteroatoms. The SMILES string of the molecule is Nc1nc2c(ncn2[C@@H]2O[C@H](COP(=O)(O)OP(=O)(O)CP(=O)(O)OP(=O)(O)OC[C@H]3O[C@@H](n4cnc5c(N)ncnc54)[C@H](O)[C@@H]3O)[C@@H](O)[C@H]2O)c(=O)[nH]1. The second-order valence-corrected chi connectivity index (χ2v) is 18.9. The highest BCUT2D eigenvalue weighted by molar-refractivity contribution is 7.76. The van der Waals surface area contributed by atoms with Gasteiger partial charge in [0.15, 0.2) is 41.0 Å². The number of H-pyrrole nitrogens is 1. The number of imidazole rings is 2. The normalized spacial score (nSPS) is 30.6. The molecule has 29 nitrogen and oxygen atoms in total. The van der Waals surface area contributed by atoms with Crippen LogP contribution in [0.25, 0.3) is 22.3 Å². The lowest BCUT2D eigenvalue weighted by molar-refractivity contribution is -0.0502. The zero-order chi connectivity index (χ0) is 39.5. The number of nitrogens with zero attached hydrogens (tertiary/aromatic N) is 7.